The SMILES string of the molecule is C[C@@H]1COCC[C@@H]1C#N. The predicted octanol–water partition coefficient (Wildman–Crippen LogP) is 1.18. The van der Waals surface area contributed by atoms with E-state index < -0.39 is 0 Å². The number of rotatable bonds is 0. The molecule has 1 aliphatic rings. The summed E-state index contributed by atoms with van der Waals surface area (Å²) in [6.07, 6.45) is 0.914. The molecule has 1 heterocycles. The van der Waals surface area contributed by atoms with E-state index in [2.05, 4.69) is 13.0 Å². The zero-order chi connectivity index (χ0) is 6.69. The minimum Gasteiger partial charge on any atom is -0.381 e. The van der Waals surface area contributed by atoms with E-state index >= 15 is 0 Å². The highest BCUT2D eigenvalue weighted by molar-refractivity contribution is 4.87. The Bertz CT molecular complexity index is 127. The summed E-state index contributed by atoms with van der Waals surface area (Å²) < 4.78 is 5.16. The molecule has 0 aromatic heterocycles. The zero-order valence-corrected chi connectivity index (χ0v) is 5.63. The number of ether oxygens (including phenoxy) is 1. The number of nitrogens with zero attached hydrogens (tertiary/aromatic N) is 1. The standard InChI is InChI=1S/C7H11NO/c1-6-5-9-3-2-7(6)4-8/h6-7H,2-3,5H2,1H3/t6-,7-/m1/s1. The van der Waals surface area contributed by atoms with Crippen molar-refractivity contribution in [3.05, 3.63) is 0 Å². The van der Waals surface area contributed by atoms with Gasteiger partial charge < -0.3 is 4.74 Å². The topological polar surface area (TPSA) is 33.0 Å². The minimum absolute atomic E-state index is 0.235. The van der Waals surface area contributed by atoms with Gasteiger partial charge in [-0.25, -0.2) is 0 Å². The van der Waals surface area contributed by atoms with Crippen molar-refractivity contribution < 1.29 is 4.74 Å². The maximum atomic E-state index is 8.56. The second-order valence-electron chi connectivity index (χ2n) is 2.58. The Morgan fingerprint density at radius 1 is 1.67 bits per heavy atom. The van der Waals surface area contributed by atoms with Crippen molar-refractivity contribution in [2.75, 3.05) is 13.2 Å². The quantitative estimate of drug-likeness (QED) is 0.487. The number of hydrogen-bond acceptors (Lipinski definition) is 2. The lowest BCUT2D eigenvalue weighted by Crippen LogP contribution is -2.23. The van der Waals surface area contributed by atoms with Crippen LogP contribution in [0.15, 0.2) is 0 Å². The van der Waals surface area contributed by atoms with Crippen LogP contribution in [-0.2, 0) is 4.74 Å². The molecule has 0 aliphatic carbocycles. The molecule has 0 bridgehead atoms. The molecule has 1 saturated heterocycles. The van der Waals surface area contributed by atoms with Crippen LogP contribution in [0.2, 0.25) is 0 Å². The van der Waals surface area contributed by atoms with E-state index in [1.165, 1.54) is 0 Å². The number of hydrogen-bond donors (Lipinski definition) is 0. The lowest BCUT2D eigenvalue weighted by Gasteiger charge is -2.22. The summed E-state index contributed by atoms with van der Waals surface area (Å²) in [6, 6.07) is 2.27. The van der Waals surface area contributed by atoms with E-state index in [0.29, 0.717) is 5.92 Å². The average Bonchev–Trinajstić information content (AvgIpc) is 1.89. The summed E-state index contributed by atoms with van der Waals surface area (Å²) in [4.78, 5) is 0. The highest BCUT2D eigenvalue weighted by Crippen LogP contribution is 2.19. The van der Waals surface area contributed by atoms with Gasteiger partial charge in [0.2, 0.25) is 0 Å². The van der Waals surface area contributed by atoms with Crippen molar-refractivity contribution in [2.24, 2.45) is 11.8 Å². The largest absolute Gasteiger partial charge is 0.381 e. The van der Waals surface area contributed by atoms with Gasteiger partial charge in [0.25, 0.3) is 0 Å². The number of nitriles is 1. The molecule has 1 aliphatic heterocycles. The van der Waals surface area contributed by atoms with E-state index in [-0.39, 0.29) is 5.92 Å². The first-order valence-electron chi connectivity index (χ1n) is 3.32. The second kappa shape index (κ2) is 2.84. The molecule has 0 aromatic carbocycles. The third-order valence-corrected chi connectivity index (χ3v) is 1.81. The van der Waals surface area contributed by atoms with Gasteiger partial charge in [0.05, 0.1) is 18.6 Å². The fourth-order valence-corrected chi connectivity index (χ4v) is 1.07. The van der Waals surface area contributed by atoms with Gasteiger partial charge in [-0.05, 0) is 12.3 Å². The maximum Gasteiger partial charge on any atom is 0.0660 e. The maximum absolute atomic E-state index is 8.56. The van der Waals surface area contributed by atoms with E-state index in [1.54, 1.807) is 0 Å². The predicted molar refractivity (Wildman–Crippen MR) is 33.7 cm³/mol. The normalized spacial score (nSPS) is 35.6. The smallest absolute Gasteiger partial charge is 0.0660 e. The van der Waals surface area contributed by atoms with Crippen LogP contribution in [0.25, 0.3) is 0 Å². The third-order valence-electron chi connectivity index (χ3n) is 1.81. The highest BCUT2D eigenvalue weighted by atomic mass is 16.5. The van der Waals surface area contributed by atoms with Crippen LogP contribution in [0.5, 0.6) is 0 Å². The zero-order valence-electron chi connectivity index (χ0n) is 5.63. The summed E-state index contributed by atoms with van der Waals surface area (Å²) in [6.45, 7) is 3.59. The third kappa shape index (κ3) is 1.43. The van der Waals surface area contributed by atoms with Crippen LogP contribution >= 0.6 is 0 Å². The van der Waals surface area contributed by atoms with E-state index in [9.17, 15) is 0 Å². The molecule has 0 radical (unpaired) electrons. The monoisotopic (exact) mass is 125 g/mol. The lowest BCUT2D eigenvalue weighted by atomic mass is 9.92. The summed E-state index contributed by atoms with van der Waals surface area (Å²) in [5, 5.41) is 8.56. The Hall–Kier alpha value is -0.550. The van der Waals surface area contributed by atoms with Crippen molar-refractivity contribution in [3.8, 4) is 6.07 Å². The fourth-order valence-electron chi connectivity index (χ4n) is 1.07. The van der Waals surface area contributed by atoms with Crippen molar-refractivity contribution in [2.45, 2.75) is 13.3 Å². The molecular weight excluding hydrogens is 114 g/mol. The van der Waals surface area contributed by atoms with Crippen LogP contribution in [0, 0.1) is 23.2 Å². The highest BCUT2D eigenvalue weighted by Gasteiger charge is 2.20. The molecule has 9 heavy (non-hydrogen) atoms. The summed E-state index contributed by atoms with van der Waals surface area (Å²) >= 11 is 0. The minimum atomic E-state index is 0.235. The lowest BCUT2D eigenvalue weighted by molar-refractivity contribution is 0.0408. The van der Waals surface area contributed by atoms with Crippen LogP contribution in [0.4, 0.5) is 0 Å². The molecule has 0 amide bonds. The molecule has 2 nitrogen and oxygen atoms in total. The average molecular weight is 125 g/mol. The van der Waals surface area contributed by atoms with Gasteiger partial charge in [-0.2, -0.15) is 5.26 Å². The Labute approximate surface area is 55.4 Å². The molecule has 1 rings (SSSR count). The van der Waals surface area contributed by atoms with Gasteiger partial charge >= 0.3 is 0 Å². The first kappa shape index (κ1) is 6.57. The van der Waals surface area contributed by atoms with E-state index in [4.69, 9.17) is 10.00 Å². The molecule has 0 spiro atoms. The first-order valence-corrected chi connectivity index (χ1v) is 3.32. The van der Waals surface area contributed by atoms with Crippen LogP contribution < -0.4 is 0 Å². The molecule has 1 fully saturated rings. The van der Waals surface area contributed by atoms with Gasteiger partial charge in [-0.15, -0.1) is 0 Å². The van der Waals surface area contributed by atoms with Crippen LogP contribution in [0.3, 0.4) is 0 Å². The molecular formula is C7H11NO. The molecule has 2 atom stereocenters. The molecule has 0 aromatic rings. The fraction of sp³-hybridized carbons (Fsp3) is 0.857. The Morgan fingerprint density at radius 2 is 2.44 bits per heavy atom. The van der Waals surface area contributed by atoms with E-state index in [0.717, 1.165) is 19.6 Å². The van der Waals surface area contributed by atoms with Crippen molar-refractivity contribution in [1.29, 1.82) is 5.26 Å². The molecule has 50 valence electrons. The molecule has 0 saturated carbocycles. The van der Waals surface area contributed by atoms with Crippen molar-refractivity contribution in [3.63, 3.8) is 0 Å². The van der Waals surface area contributed by atoms with Gasteiger partial charge in [0.15, 0.2) is 0 Å². The Kier molecular flexibility index (Phi) is 2.07. The Morgan fingerprint density at radius 3 is 2.89 bits per heavy atom. The second-order valence-corrected chi connectivity index (χ2v) is 2.58. The van der Waals surface area contributed by atoms with Gasteiger partial charge in [0.1, 0.15) is 0 Å². The van der Waals surface area contributed by atoms with Crippen LogP contribution in [-0.4, -0.2) is 13.2 Å². The summed E-state index contributed by atoms with van der Waals surface area (Å²) in [5.41, 5.74) is 0. The molecule has 0 N–H and O–H groups in total. The first-order chi connectivity index (χ1) is 4.34. The molecule has 0 unspecified atom stereocenters. The molecule has 2 heteroatoms. The Balaban J connectivity index is 2.41. The van der Waals surface area contributed by atoms with Crippen molar-refractivity contribution >= 4 is 0 Å². The van der Waals surface area contributed by atoms with Gasteiger partial charge in [-0.3, -0.25) is 0 Å². The summed E-state index contributed by atoms with van der Waals surface area (Å²) in [7, 11) is 0. The van der Waals surface area contributed by atoms with Gasteiger partial charge in [0, 0.05) is 6.61 Å². The van der Waals surface area contributed by atoms with Crippen LogP contribution in [0.1, 0.15) is 13.3 Å². The summed E-state index contributed by atoms with van der Waals surface area (Å²) in [5.74, 6) is 0.669. The van der Waals surface area contributed by atoms with Gasteiger partial charge in [-0.1, -0.05) is 6.92 Å². The van der Waals surface area contributed by atoms with E-state index in [1.807, 2.05) is 0 Å². The van der Waals surface area contributed by atoms with Crippen molar-refractivity contribution in [1.82, 2.24) is 0 Å².